The van der Waals surface area contributed by atoms with Crippen LogP contribution in [0.2, 0.25) is 0 Å². The number of hydrogen-bond donors (Lipinski definition) is 2. The highest BCUT2D eigenvalue weighted by atomic mass is 16.5. The molecule has 0 saturated heterocycles. The number of methoxy groups -OCH3 is 1. The van der Waals surface area contributed by atoms with Gasteiger partial charge in [0.15, 0.2) is 0 Å². The molecule has 2 aromatic rings. The Bertz CT molecular complexity index is 638. The Morgan fingerprint density at radius 1 is 1.17 bits per heavy atom. The first-order chi connectivity index (χ1) is 11.1. The molecule has 23 heavy (non-hydrogen) atoms. The van der Waals surface area contributed by atoms with Crippen LogP contribution >= 0.6 is 0 Å². The van der Waals surface area contributed by atoms with Crippen molar-refractivity contribution < 1.29 is 9.53 Å². The van der Waals surface area contributed by atoms with E-state index < -0.39 is 0 Å². The Hall–Kier alpha value is -2.18. The smallest absolute Gasteiger partial charge is 0.255 e. The summed E-state index contributed by atoms with van der Waals surface area (Å²) in [5.41, 5.74) is 3.17. The third-order valence-corrected chi connectivity index (χ3v) is 3.59. The molecular weight excluding hydrogens is 292 g/mol. The highest BCUT2D eigenvalue weighted by molar-refractivity contribution is 5.96. The molecule has 0 radical (unpaired) electrons. The average Bonchev–Trinajstić information content (AvgIpc) is 2.86. The zero-order valence-corrected chi connectivity index (χ0v) is 13.9. The normalized spacial score (nSPS) is 10.7. The van der Waals surface area contributed by atoms with Crippen molar-refractivity contribution in [3.05, 3.63) is 47.3 Å². The summed E-state index contributed by atoms with van der Waals surface area (Å²) in [4.78, 5) is 12.4. The number of ether oxygens (including phenoxy) is 1. The summed E-state index contributed by atoms with van der Waals surface area (Å²) in [6, 6.07) is 9.81. The van der Waals surface area contributed by atoms with Crippen molar-refractivity contribution >= 4 is 5.91 Å². The molecule has 0 bridgehead atoms. The lowest BCUT2D eigenvalue weighted by Gasteiger charge is -2.07. The van der Waals surface area contributed by atoms with Gasteiger partial charge in [0.2, 0.25) is 0 Å². The fourth-order valence-corrected chi connectivity index (χ4v) is 2.44. The SMILES string of the molecule is COCCNCCNC(=O)c1c(C)nn(-c2ccccc2)c1C. The number of amides is 1. The fourth-order valence-electron chi connectivity index (χ4n) is 2.44. The number of carbonyl (C=O) groups excluding carboxylic acids is 1. The van der Waals surface area contributed by atoms with E-state index >= 15 is 0 Å². The molecule has 0 unspecified atom stereocenters. The zero-order valence-electron chi connectivity index (χ0n) is 13.9. The van der Waals surface area contributed by atoms with Gasteiger partial charge in [0.1, 0.15) is 0 Å². The van der Waals surface area contributed by atoms with E-state index in [4.69, 9.17) is 4.74 Å². The van der Waals surface area contributed by atoms with Crippen molar-refractivity contribution in [2.45, 2.75) is 13.8 Å². The molecule has 0 atom stereocenters. The van der Waals surface area contributed by atoms with Crippen molar-refractivity contribution in [1.29, 1.82) is 0 Å². The van der Waals surface area contributed by atoms with Crippen LogP contribution in [0.5, 0.6) is 0 Å². The molecular formula is C17H24N4O2. The minimum Gasteiger partial charge on any atom is -0.383 e. The molecule has 0 fully saturated rings. The van der Waals surface area contributed by atoms with E-state index in [9.17, 15) is 4.79 Å². The lowest BCUT2D eigenvalue weighted by molar-refractivity contribution is 0.0952. The number of nitrogens with zero attached hydrogens (tertiary/aromatic N) is 2. The van der Waals surface area contributed by atoms with E-state index in [2.05, 4.69) is 15.7 Å². The Kier molecular flexibility index (Phi) is 6.31. The standard InChI is InChI=1S/C17H24N4O2/c1-13-16(17(22)19-10-9-18-11-12-23-3)14(2)21(20-13)15-7-5-4-6-8-15/h4-8,18H,9-12H2,1-3H3,(H,19,22). The summed E-state index contributed by atoms with van der Waals surface area (Å²) < 4.78 is 6.76. The monoisotopic (exact) mass is 316 g/mol. The summed E-state index contributed by atoms with van der Waals surface area (Å²) in [5.74, 6) is -0.0873. The molecule has 124 valence electrons. The van der Waals surface area contributed by atoms with Crippen molar-refractivity contribution in [3.63, 3.8) is 0 Å². The van der Waals surface area contributed by atoms with Crippen molar-refractivity contribution in [2.75, 3.05) is 33.4 Å². The lowest BCUT2D eigenvalue weighted by Crippen LogP contribution is -2.33. The number of nitrogens with one attached hydrogen (secondary N) is 2. The maximum atomic E-state index is 12.4. The molecule has 1 heterocycles. The Morgan fingerprint density at radius 3 is 2.61 bits per heavy atom. The van der Waals surface area contributed by atoms with E-state index in [1.54, 1.807) is 11.8 Å². The number of para-hydroxylation sites is 1. The fraction of sp³-hybridized carbons (Fsp3) is 0.412. The van der Waals surface area contributed by atoms with Gasteiger partial charge in [0.05, 0.1) is 29.2 Å². The van der Waals surface area contributed by atoms with Crippen LogP contribution in [0.1, 0.15) is 21.7 Å². The molecule has 2 rings (SSSR count). The van der Waals surface area contributed by atoms with E-state index in [1.165, 1.54) is 0 Å². The highest BCUT2D eigenvalue weighted by Crippen LogP contribution is 2.17. The molecule has 0 aliphatic rings. The first-order valence-corrected chi connectivity index (χ1v) is 7.74. The van der Waals surface area contributed by atoms with Gasteiger partial charge in [-0.2, -0.15) is 5.10 Å². The summed E-state index contributed by atoms with van der Waals surface area (Å²) in [6.07, 6.45) is 0. The highest BCUT2D eigenvalue weighted by Gasteiger charge is 2.18. The Morgan fingerprint density at radius 2 is 1.91 bits per heavy atom. The molecule has 1 amide bonds. The Balaban J connectivity index is 2.00. The van der Waals surface area contributed by atoms with Crippen LogP contribution in [-0.2, 0) is 4.74 Å². The predicted octanol–water partition coefficient (Wildman–Crippen LogP) is 1.45. The molecule has 6 heteroatoms. The molecule has 6 nitrogen and oxygen atoms in total. The van der Waals surface area contributed by atoms with Crippen LogP contribution in [0, 0.1) is 13.8 Å². The second-order valence-corrected chi connectivity index (χ2v) is 5.29. The number of hydrogen-bond acceptors (Lipinski definition) is 4. The Labute approximate surface area is 136 Å². The topological polar surface area (TPSA) is 68.2 Å². The number of rotatable bonds is 8. The van der Waals surface area contributed by atoms with Gasteiger partial charge in [-0.1, -0.05) is 18.2 Å². The number of benzene rings is 1. The summed E-state index contributed by atoms with van der Waals surface area (Å²) in [7, 11) is 1.67. The second-order valence-electron chi connectivity index (χ2n) is 5.29. The lowest BCUT2D eigenvalue weighted by atomic mass is 10.2. The number of carbonyl (C=O) groups is 1. The quantitative estimate of drug-likeness (QED) is 0.724. The van der Waals surface area contributed by atoms with Gasteiger partial charge >= 0.3 is 0 Å². The van der Waals surface area contributed by atoms with Crippen LogP contribution in [0.4, 0.5) is 0 Å². The molecule has 2 N–H and O–H groups in total. The van der Waals surface area contributed by atoms with E-state index in [-0.39, 0.29) is 5.91 Å². The molecule has 1 aromatic heterocycles. The van der Waals surface area contributed by atoms with E-state index in [0.29, 0.717) is 25.3 Å². The van der Waals surface area contributed by atoms with Gasteiger partial charge in [-0.15, -0.1) is 0 Å². The maximum absolute atomic E-state index is 12.4. The van der Waals surface area contributed by atoms with Crippen molar-refractivity contribution in [3.8, 4) is 5.69 Å². The third-order valence-electron chi connectivity index (χ3n) is 3.59. The number of aromatic nitrogens is 2. The third kappa shape index (κ3) is 4.40. The van der Waals surface area contributed by atoms with E-state index in [0.717, 1.165) is 23.6 Å². The van der Waals surface area contributed by atoms with Crippen molar-refractivity contribution in [2.24, 2.45) is 0 Å². The summed E-state index contributed by atoms with van der Waals surface area (Å²) in [5, 5.41) is 10.6. The van der Waals surface area contributed by atoms with Gasteiger partial charge in [0.25, 0.3) is 5.91 Å². The van der Waals surface area contributed by atoms with Gasteiger partial charge in [-0.3, -0.25) is 4.79 Å². The average molecular weight is 316 g/mol. The van der Waals surface area contributed by atoms with Crippen LogP contribution < -0.4 is 10.6 Å². The molecule has 0 spiro atoms. The molecule has 0 aliphatic heterocycles. The van der Waals surface area contributed by atoms with E-state index in [1.807, 2.05) is 44.2 Å². The first kappa shape index (κ1) is 17.2. The van der Waals surface area contributed by atoms with Gasteiger partial charge < -0.3 is 15.4 Å². The second kappa shape index (κ2) is 8.45. The summed E-state index contributed by atoms with van der Waals surface area (Å²) in [6.45, 7) is 6.49. The van der Waals surface area contributed by atoms with Crippen LogP contribution in [0.25, 0.3) is 5.69 Å². The number of aryl methyl sites for hydroxylation is 1. The maximum Gasteiger partial charge on any atom is 0.255 e. The minimum absolute atomic E-state index is 0.0873. The van der Waals surface area contributed by atoms with Gasteiger partial charge in [-0.25, -0.2) is 4.68 Å². The largest absolute Gasteiger partial charge is 0.383 e. The molecule has 1 aromatic carbocycles. The van der Waals surface area contributed by atoms with Crippen LogP contribution in [0.3, 0.4) is 0 Å². The van der Waals surface area contributed by atoms with Crippen LogP contribution in [-0.4, -0.2) is 49.0 Å². The van der Waals surface area contributed by atoms with Gasteiger partial charge in [0, 0.05) is 26.7 Å². The molecule has 0 saturated carbocycles. The predicted molar refractivity (Wildman–Crippen MR) is 90.1 cm³/mol. The van der Waals surface area contributed by atoms with Crippen LogP contribution in [0.15, 0.2) is 30.3 Å². The van der Waals surface area contributed by atoms with Gasteiger partial charge in [-0.05, 0) is 26.0 Å². The minimum atomic E-state index is -0.0873. The molecule has 0 aliphatic carbocycles. The first-order valence-electron chi connectivity index (χ1n) is 7.74. The zero-order chi connectivity index (χ0) is 16.7. The summed E-state index contributed by atoms with van der Waals surface area (Å²) >= 11 is 0. The van der Waals surface area contributed by atoms with Crippen molar-refractivity contribution in [1.82, 2.24) is 20.4 Å².